The van der Waals surface area contributed by atoms with Gasteiger partial charge in [0, 0.05) is 31.4 Å². The molecule has 0 spiro atoms. The van der Waals surface area contributed by atoms with Crippen LogP contribution in [0.15, 0.2) is 18.5 Å². The SMILES string of the molecule is O=C(O)c1cncc(N2C[C@H]3C[C@@H]2CN3)c1. The number of aromatic nitrogens is 1. The zero-order valence-electron chi connectivity index (χ0n) is 8.76. The van der Waals surface area contributed by atoms with Gasteiger partial charge in [-0.15, -0.1) is 0 Å². The number of aromatic carboxylic acids is 1. The van der Waals surface area contributed by atoms with Crippen molar-refractivity contribution in [3.05, 3.63) is 24.0 Å². The largest absolute Gasteiger partial charge is 0.478 e. The number of rotatable bonds is 2. The van der Waals surface area contributed by atoms with Gasteiger partial charge in [-0.05, 0) is 12.5 Å². The van der Waals surface area contributed by atoms with Crippen molar-refractivity contribution in [3.8, 4) is 0 Å². The molecule has 2 N–H and O–H groups in total. The Morgan fingerprint density at radius 3 is 3.06 bits per heavy atom. The number of pyridine rings is 1. The van der Waals surface area contributed by atoms with Gasteiger partial charge in [-0.1, -0.05) is 0 Å². The highest BCUT2D eigenvalue weighted by atomic mass is 16.4. The molecule has 0 saturated carbocycles. The van der Waals surface area contributed by atoms with Crippen LogP contribution in [0.25, 0.3) is 0 Å². The maximum atomic E-state index is 10.9. The topological polar surface area (TPSA) is 65.5 Å². The second-order valence-electron chi connectivity index (χ2n) is 4.38. The summed E-state index contributed by atoms with van der Waals surface area (Å²) < 4.78 is 0. The molecular formula is C11H13N3O2. The zero-order valence-corrected chi connectivity index (χ0v) is 8.76. The normalized spacial score (nSPS) is 27.4. The fourth-order valence-corrected chi connectivity index (χ4v) is 2.58. The molecule has 84 valence electrons. The molecule has 0 radical (unpaired) electrons. The van der Waals surface area contributed by atoms with Crippen LogP contribution in [0.2, 0.25) is 0 Å². The van der Waals surface area contributed by atoms with E-state index < -0.39 is 5.97 Å². The van der Waals surface area contributed by atoms with Crippen LogP contribution in [-0.4, -0.2) is 41.2 Å². The number of carboxylic acids is 1. The lowest BCUT2D eigenvalue weighted by atomic mass is 10.2. The van der Waals surface area contributed by atoms with E-state index in [1.165, 1.54) is 6.20 Å². The average Bonchev–Trinajstić information content (AvgIpc) is 2.91. The van der Waals surface area contributed by atoms with E-state index in [1.807, 2.05) is 0 Å². The van der Waals surface area contributed by atoms with Crippen molar-refractivity contribution in [1.29, 1.82) is 0 Å². The van der Waals surface area contributed by atoms with Gasteiger partial charge in [0.15, 0.2) is 0 Å². The van der Waals surface area contributed by atoms with E-state index in [-0.39, 0.29) is 5.56 Å². The molecule has 0 unspecified atom stereocenters. The summed E-state index contributed by atoms with van der Waals surface area (Å²) in [6, 6.07) is 2.75. The minimum Gasteiger partial charge on any atom is -0.478 e. The lowest BCUT2D eigenvalue weighted by molar-refractivity contribution is 0.0696. The Hall–Kier alpha value is -1.62. The van der Waals surface area contributed by atoms with Crippen molar-refractivity contribution < 1.29 is 9.90 Å². The van der Waals surface area contributed by atoms with Gasteiger partial charge in [0.25, 0.3) is 0 Å². The third kappa shape index (κ3) is 1.44. The summed E-state index contributed by atoms with van der Waals surface area (Å²) in [5, 5.41) is 12.3. The van der Waals surface area contributed by atoms with Gasteiger partial charge in [-0.25, -0.2) is 4.79 Å². The summed E-state index contributed by atoms with van der Waals surface area (Å²) in [6.07, 6.45) is 4.28. The van der Waals surface area contributed by atoms with E-state index in [1.54, 1.807) is 12.3 Å². The Morgan fingerprint density at radius 1 is 1.56 bits per heavy atom. The standard InChI is InChI=1S/C11H13N3O2/c15-11(16)7-1-9(4-12-3-7)14-6-8-2-10(14)5-13-8/h1,3-4,8,10,13H,2,5-6H2,(H,15,16)/t8-,10-/m1/s1. The Bertz CT molecular complexity index is 435. The van der Waals surface area contributed by atoms with Crippen molar-refractivity contribution in [2.45, 2.75) is 18.5 Å². The van der Waals surface area contributed by atoms with Gasteiger partial charge in [0.1, 0.15) is 0 Å². The van der Waals surface area contributed by atoms with E-state index in [9.17, 15) is 4.79 Å². The van der Waals surface area contributed by atoms with Gasteiger partial charge in [0.2, 0.25) is 0 Å². The van der Waals surface area contributed by atoms with E-state index in [0.717, 1.165) is 25.2 Å². The lowest BCUT2D eigenvalue weighted by Crippen LogP contribution is -2.43. The molecule has 3 heterocycles. The summed E-state index contributed by atoms with van der Waals surface area (Å²) in [4.78, 5) is 17.1. The van der Waals surface area contributed by atoms with Gasteiger partial charge in [0.05, 0.1) is 17.4 Å². The molecule has 2 bridgehead atoms. The second-order valence-corrected chi connectivity index (χ2v) is 4.38. The van der Waals surface area contributed by atoms with Crippen molar-refractivity contribution >= 4 is 11.7 Å². The number of fused-ring (bicyclic) bond motifs is 2. The Kier molecular flexibility index (Phi) is 2.07. The summed E-state index contributed by atoms with van der Waals surface area (Å²) in [5.41, 5.74) is 1.18. The molecule has 3 rings (SSSR count). The summed E-state index contributed by atoms with van der Waals surface area (Å²) in [7, 11) is 0. The zero-order chi connectivity index (χ0) is 11.1. The van der Waals surface area contributed by atoms with E-state index in [4.69, 9.17) is 5.11 Å². The number of anilines is 1. The highest BCUT2D eigenvalue weighted by Gasteiger charge is 2.37. The maximum absolute atomic E-state index is 10.9. The highest BCUT2D eigenvalue weighted by Crippen LogP contribution is 2.29. The van der Waals surface area contributed by atoms with Crippen molar-refractivity contribution in [3.63, 3.8) is 0 Å². The fourth-order valence-electron chi connectivity index (χ4n) is 2.58. The fraction of sp³-hybridized carbons (Fsp3) is 0.455. The Labute approximate surface area is 93.1 Å². The monoisotopic (exact) mass is 219 g/mol. The van der Waals surface area contributed by atoms with E-state index in [2.05, 4.69) is 15.2 Å². The van der Waals surface area contributed by atoms with Crippen LogP contribution in [0.4, 0.5) is 5.69 Å². The molecule has 0 aromatic carbocycles. The predicted octanol–water partition coefficient (Wildman–Crippen LogP) is 0.330. The van der Waals surface area contributed by atoms with Crippen LogP contribution in [0.5, 0.6) is 0 Å². The third-order valence-corrected chi connectivity index (χ3v) is 3.36. The Balaban J connectivity index is 1.89. The molecule has 2 fully saturated rings. The van der Waals surface area contributed by atoms with Gasteiger partial charge in [-0.2, -0.15) is 0 Å². The summed E-state index contributed by atoms with van der Waals surface area (Å²) in [6.45, 7) is 1.94. The van der Waals surface area contributed by atoms with Crippen LogP contribution < -0.4 is 10.2 Å². The number of hydrogen-bond acceptors (Lipinski definition) is 4. The number of nitrogens with one attached hydrogen (secondary N) is 1. The number of carboxylic acid groups (broad SMARTS) is 1. The molecular weight excluding hydrogens is 206 g/mol. The molecule has 5 heteroatoms. The first kappa shape index (κ1) is 9.59. The van der Waals surface area contributed by atoms with Gasteiger partial charge < -0.3 is 15.3 Å². The van der Waals surface area contributed by atoms with Crippen LogP contribution in [0, 0.1) is 0 Å². The number of carbonyl (C=O) groups is 1. The number of hydrogen-bond donors (Lipinski definition) is 2. The molecule has 1 aromatic heterocycles. The van der Waals surface area contributed by atoms with Crippen LogP contribution in [-0.2, 0) is 0 Å². The van der Waals surface area contributed by atoms with Crippen molar-refractivity contribution in [2.24, 2.45) is 0 Å². The molecule has 2 atom stereocenters. The molecule has 0 aliphatic carbocycles. The minimum atomic E-state index is -0.920. The lowest BCUT2D eigenvalue weighted by Gasteiger charge is -2.29. The first-order chi connectivity index (χ1) is 7.74. The maximum Gasteiger partial charge on any atom is 0.337 e. The van der Waals surface area contributed by atoms with Gasteiger partial charge >= 0.3 is 5.97 Å². The van der Waals surface area contributed by atoms with Crippen molar-refractivity contribution in [2.75, 3.05) is 18.0 Å². The van der Waals surface area contributed by atoms with E-state index in [0.29, 0.717) is 12.1 Å². The summed E-state index contributed by atoms with van der Waals surface area (Å²) in [5.74, 6) is -0.920. The van der Waals surface area contributed by atoms with Crippen LogP contribution in [0.1, 0.15) is 16.8 Å². The first-order valence-corrected chi connectivity index (χ1v) is 5.42. The molecule has 2 saturated heterocycles. The molecule has 1 aromatic rings. The molecule has 5 nitrogen and oxygen atoms in total. The molecule has 2 aliphatic heterocycles. The van der Waals surface area contributed by atoms with Crippen LogP contribution >= 0.6 is 0 Å². The highest BCUT2D eigenvalue weighted by molar-refractivity contribution is 5.88. The summed E-state index contributed by atoms with van der Waals surface area (Å²) >= 11 is 0. The van der Waals surface area contributed by atoms with Gasteiger partial charge in [-0.3, -0.25) is 4.98 Å². The van der Waals surface area contributed by atoms with E-state index >= 15 is 0 Å². The first-order valence-electron chi connectivity index (χ1n) is 5.42. The second kappa shape index (κ2) is 3.45. The van der Waals surface area contributed by atoms with Crippen LogP contribution in [0.3, 0.4) is 0 Å². The van der Waals surface area contributed by atoms with Crippen molar-refractivity contribution in [1.82, 2.24) is 10.3 Å². The molecule has 16 heavy (non-hydrogen) atoms. The third-order valence-electron chi connectivity index (χ3n) is 3.36. The predicted molar refractivity (Wildman–Crippen MR) is 58.7 cm³/mol. The molecule has 0 amide bonds. The number of piperazine rings is 1. The minimum absolute atomic E-state index is 0.258. The average molecular weight is 219 g/mol. The quantitative estimate of drug-likeness (QED) is 0.750. The number of nitrogens with zero attached hydrogens (tertiary/aromatic N) is 2. The molecule has 2 aliphatic rings. The smallest absolute Gasteiger partial charge is 0.337 e. The Morgan fingerprint density at radius 2 is 2.44 bits per heavy atom.